The number of hydrogen-bond acceptors (Lipinski definition) is 4. The topological polar surface area (TPSA) is 87.0 Å². The number of phenols is 1. The molecule has 7 heteroatoms. The second-order valence-electron chi connectivity index (χ2n) is 6.39. The van der Waals surface area contributed by atoms with Crippen LogP contribution in [0.5, 0.6) is 11.5 Å². The maximum atomic E-state index is 11.1. The van der Waals surface area contributed by atoms with Crippen molar-refractivity contribution < 1.29 is 24.2 Å². The summed E-state index contributed by atoms with van der Waals surface area (Å²) in [5.41, 5.74) is 5.67. The van der Waals surface area contributed by atoms with E-state index in [1.807, 2.05) is 52.1 Å². The van der Waals surface area contributed by atoms with Crippen molar-refractivity contribution >= 4 is 19.4 Å². The highest BCUT2D eigenvalue weighted by Crippen LogP contribution is 2.40. The van der Waals surface area contributed by atoms with Crippen LogP contribution in [0.4, 0.5) is 0 Å². The van der Waals surface area contributed by atoms with Crippen molar-refractivity contribution in [1.82, 2.24) is 0 Å². The molecule has 0 radical (unpaired) electrons. The fraction of sp³-hybridized carbons (Fsp3) is 0.368. The summed E-state index contributed by atoms with van der Waals surface area (Å²) in [5.74, 6) is 0.824. The summed E-state index contributed by atoms with van der Waals surface area (Å²) in [5, 5.41) is 10.5. The summed E-state index contributed by atoms with van der Waals surface area (Å²) >= 11 is 1.50. The minimum atomic E-state index is -4.24. The molecule has 0 unspecified atom stereocenters. The highest BCUT2D eigenvalue weighted by atomic mass is 32.2. The van der Waals surface area contributed by atoms with Crippen LogP contribution in [-0.2, 0) is 11.0 Å². The van der Waals surface area contributed by atoms with Crippen molar-refractivity contribution in [2.75, 3.05) is 12.6 Å². The first-order chi connectivity index (χ1) is 12.1. The molecular weight excluding hydrogens is 371 g/mol. The van der Waals surface area contributed by atoms with Gasteiger partial charge in [0.1, 0.15) is 11.5 Å². The predicted octanol–water partition coefficient (Wildman–Crippen LogP) is 4.45. The predicted molar refractivity (Wildman–Crippen MR) is 106 cm³/mol. The van der Waals surface area contributed by atoms with Crippen molar-refractivity contribution in [2.45, 2.75) is 39.0 Å². The van der Waals surface area contributed by atoms with Gasteiger partial charge in [0.2, 0.25) is 0 Å². The Kier molecular flexibility index (Phi) is 6.46. The first-order valence-electron chi connectivity index (χ1n) is 8.18. The molecule has 0 heterocycles. The molecule has 0 fully saturated rings. The van der Waals surface area contributed by atoms with Crippen LogP contribution >= 0.6 is 19.4 Å². The summed E-state index contributed by atoms with van der Waals surface area (Å²) < 4.78 is 16.6. The van der Waals surface area contributed by atoms with Crippen LogP contribution in [0.3, 0.4) is 0 Å². The van der Waals surface area contributed by atoms with E-state index in [9.17, 15) is 9.67 Å². The van der Waals surface area contributed by atoms with E-state index in [4.69, 9.17) is 14.5 Å². The van der Waals surface area contributed by atoms with Crippen molar-refractivity contribution in [3.8, 4) is 11.5 Å². The quantitative estimate of drug-likeness (QED) is 0.494. The Balaban J connectivity index is 2.47. The van der Waals surface area contributed by atoms with E-state index in [2.05, 4.69) is 0 Å². The van der Waals surface area contributed by atoms with Gasteiger partial charge in [0.05, 0.1) is 0 Å². The Morgan fingerprint density at radius 1 is 1.04 bits per heavy atom. The average Bonchev–Trinajstić information content (AvgIpc) is 2.57. The van der Waals surface area contributed by atoms with Crippen LogP contribution in [0.1, 0.15) is 33.4 Å². The van der Waals surface area contributed by atoms with Gasteiger partial charge >= 0.3 is 7.60 Å². The largest absolute Gasteiger partial charge is 0.506 e. The Morgan fingerprint density at radius 2 is 1.62 bits per heavy atom. The zero-order valence-corrected chi connectivity index (χ0v) is 17.4. The smallest absolute Gasteiger partial charge is 0.362 e. The van der Waals surface area contributed by atoms with Crippen LogP contribution in [0.25, 0.3) is 0 Å². The van der Waals surface area contributed by atoms with E-state index >= 15 is 0 Å². The molecule has 2 aromatic carbocycles. The molecule has 2 rings (SSSR count). The Morgan fingerprint density at radius 3 is 2.12 bits per heavy atom. The maximum absolute atomic E-state index is 11.1. The minimum Gasteiger partial charge on any atom is -0.506 e. The van der Waals surface area contributed by atoms with Gasteiger partial charge in [-0.1, -0.05) is 12.1 Å². The number of rotatable bonds is 6. The molecule has 0 saturated carbocycles. The molecule has 0 spiro atoms. The molecule has 26 heavy (non-hydrogen) atoms. The Labute approximate surface area is 158 Å². The van der Waals surface area contributed by atoms with Crippen LogP contribution in [0.2, 0.25) is 0 Å². The molecule has 0 aliphatic rings. The van der Waals surface area contributed by atoms with Gasteiger partial charge in [-0.05, 0) is 73.4 Å². The highest BCUT2D eigenvalue weighted by molar-refractivity contribution is 7.98. The third-order valence-corrected chi connectivity index (χ3v) is 5.99. The van der Waals surface area contributed by atoms with E-state index in [-0.39, 0.29) is 0 Å². The molecule has 0 amide bonds. The lowest BCUT2D eigenvalue weighted by Gasteiger charge is -2.21. The van der Waals surface area contributed by atoms with E-state index in [1.165, 1.54) is 11.8 Å². The molecule has 0 saturated heterocycles. The highest BCUT2D eigenvalue weighted by Gasteiger charge is 2.20. The minimum absolute atomic E-state index is 0.302. The van der Waals surface area contributed by atoms with Crippen molar-refractivity contribution in [3.05, 3.63) is 51.6 Å². The SMILES string of the molecule is CSc1cccc(Cc2c(C)c(C)c(OCP(=O)(O)O)c(C)c2C)c1O. The zero-order valence-electron chi connectivity index (χ0n) is 15.7. The average molecular weight is 396 g/mol. The van der Waals surface area contributed by atoms with Crippen molar-refractivity contribution in [1.29, 1.82) is 0 Å². The lowest BCUT2D eigenvalue weighted by Crippen LogP contribution is -2.07. The van der Waals surface area contributed by atoms with Gasteiger partial charge in [-0.25, -0.2) is 0 Å². The third-order valence-electron chi connectivity index (χ3n) is 4.76. The molecule has 0 aliphatic carbocycles. The lowest BCUT2D eigenvalue weighted by molar-refractivity contribution is 0.298. The second kappa shape index (κ2) is 8.05. The fourth-order valence-electron chi connectivity index (χ4n) is 3.05. The van der Waals surface area contributed by atoms with Gasteiger partial charge in [0, 0.05) is 11.3 Å². The van der Waals surface area contributed by atoms with Gasteiger partial charge in [-0.2, -0.15) is 0 Å². The molecule has 0 aromatic heterocycles. The van der Waals surface area contributed by atoms with Crippen molar-refractivity contribution in [3.63, 3.8) is 0 Å². The van der Waals surface area contributed by atoms with E-state index in [0.29, 0.717) is 17.9 Å². The lowest BCUT2D eigenvalue weighted by atomic mass is 9.89. The summed E-state index contributed by atoms with van der Waals surface area (Å²) in [7, 11) is -4.24. The molecule has 0 aliphatic heterocycles. The van der Waals surface area contributed by atoms with Crippen molar-refractivity contribution in [2.24, 2.45) is 0 Å². The molecule has 3 N–H and O–H groups in total. The first-order valence-corrected chi connectivity index (χ1v) is 11.2. The van der Waals surface area contributed by atoms with Gasteiger partial charge in [-0.3, -0.25) is 4.57 Å². The Bertz CT molecular complexity index is 844. The number of aromatic hydroxyl groups is 1. The maximum Gasteiger partial charge on any atom is 0.362 e. The number of benzene rings is 2. The number of ether oxygens (including phenoxy) is 1. The number of para-hydroxylation sites is 1. The van der Waals surface area contributed by atoms with Crippen LogP contribution in [-0.4, -0.2) is 27.5 Å². The van der Waals surface area contributed by atoms with Gasteiger partial charge in [-0.15, -0.1) is 11.8 Å². The number of phenolic OH excluding ortho intramolecular Hbond substituents is 1. The summed E-state index contributed by atoms with van der Waals surface area (Å²) in [6.45, 7) is 7.71. The molecule has 0 bridgehead atoms. The van der Waals surface area contributed by atoms with E-state index in [0.717, 1.165) is 38.3 Å². The first kappa shape index (κ1) is 20.8. The van der Waals surface area contributed by atoms with Crippen LogP contribution in [0, 0.1) is 27.7 Å². The third kappa shape index (κ3) is 4.44. The summed E-state index contributed by atoms with van der Waals surface area (Å²) in [4.78, 5) is 19.0. The molecule has 142 valence electrons. The standard InChI is InChI=1S/C19H25O5PS/c1-11-13(3)19(24-10-25(21,22)23)14(4)12(2)16(11)9-15-7-6-8-17(26-5)18(15)20/h6-8,20H,9-10H2,1-5H3,(H2,21,22,23). The monoisotopic (exact) mass is 396 g/mol. The molecule has 2 aromatic rings. The molecule has 5 nitrogen and oxygen atoms in total. The molecular formula is C19H25O5PS. The molecule has 0 atom stereocenters. The van der Waals surface area contributed by atoms with Crippen LogP contribution < -0.4 is 4.74 Å². The Hall–Kier alpha value is -1.46. The van der Waals surface area contributed by atoms with Gasteiger partial charge in [0.25, 0.3) is 0 Å². The van der Waals surface area contributed by atoms with E-state index < -0.39 is 13.9 Å². The van der Waals surface area contributed by atoms with Gasteiger partial charge < -0.3 is 19.6 Å². The fourth-order valence-corrected chi connectivity index (χ4v) is 3.89. The number of hydrogen-bond donors (Lipinski definition) is 3. The summed E-state index contributed by atoms with van der Waals surface area (Å²) in [6, 6.07) is 5.73. The second-order valence-corrected chi connectivity index (χ2v) is 8.83. The normalized spacial score (nSPS) is 11.7. The summed E-state index contributed by atoms with van der Waals surface area (Å²) in [6.07, 6.45) is 1.87. The van der Waals surface area contributed by atoms with Gasteiger partial charge in [0.15, 0.2) is 6.35 Å². The number of thioether (sulfide) groups is 1. The van der Waals surface area contributed by atoms with E-state index in [1.54, 1.807) is 0 Å². The zero-order chi connectivity index (χ0) is 19.6. The van der Waals surface area contributed by atoms with Crippen LogP contribution in [0.15, 0.2) is 23.1 Å².